The van der Waals surface area contributed by atoms with Gasteiger partial charge in [0.15, 0.2) is 0 Å². The van der Waals surface area contributed by atoms with Gasteiger partial charge in [0, 0.05) is 25.2 Å². The summed E-state index contributed by atoms with van der Waals surface area (Å²) in [6, 6.07) is -0.217. The maximum Gasteiger partial charge on any atom is 0.339 e. The number of nitrogens with two attached hydrogens (primary N) is 1. The minimum atomic E-state index is -1.08. The third kappa shape index (κ3) is 2.09. The Morgan fingerprint density at radius 3 is 2.82 bits per heavy atom. The quantitative estimate of drug-likeness (QED) is 0.719. The molecule has 1 amide bonds. The van der Waals surface area contributed by atoms with Crippen LogP contribution in [0.4, 0.5) is 5.95 Å². The summed E-state index contributed by atoms with van der Waals surface area (Å²) in [5.74, 6) is -1.01. The summed E-state index contributed by atoms with van der Waals surface area (Å²) in [5, 5.41) is 8.84. The van der Waals surface area contributed by atoms with Crippen molar-refractivity contribution in [2.45, 2.75) is 19.4 Å². The second kappa shape index (κ2) is 4.10. The van der Waals surface area contributed by atoms with Crippen molar-refractivity contribution in [3.05, 3.63) is 17.5 Å². The lowest BCUT2D eigenvalue weighted by molar-refractivity contribution is -0.117. The van der Waals surface area contributed by atoms with E-state index in [1.807, 2.05) is 0 Å². The van der Waals surface area contributed by atoms with Crippen molar-refractivity contribution in [1.29, 1.82) is 0 Å². The average Bonchev–Trinajstić information content (AvgIpc) is 2.57. The molecule has 7 heteroatoms. The predicted molar refractivity (Wildman–Crippen MR) is 58.7 cm³/mol. The SMILES string of the molecule is Cc1nc(N2CC(N)CC2=O)ncc1C(=O)O. The molecule has 0 saturated carbocycles. The Balaban J connectivity index is 2.32. The number of amides is 1. The highest BCUT2D eigenvalue weighted by molar-refractivity contribution is 5.95. The number of nitrogens with zero attached hydrogens (tertiary/aromatic N) is 3. The predicted octanol–water partition coefficient (Wildman–Crippen LogP) is -0.453. The van der Waals surface area contributed by atoms with Gasteiger partial charge in [-0.25, -0.2) is 14.8 Å². The normalized spacial score (nSPS) is 19.8. The Morgan fingerprint density at radius 2 is 2.35 bits per heavy atom. The topological polar surface area (TPSA) is 109 Å². The molecule has 0 aromatic carbocycles. The van der Waals surface area contributed by atoms with Gasteiger partial charge in [-0.1, -0.05) is 0 Å². The highest BCUT2D eigenvalue weighted by Crippen LogP contribution is 2.17. The van der Waals surface area contributed by atoms with Gasteiger partial charge < -0.3 is 10.8 Å². The van der Waals surface area contributed by atoms with Crippen molar-refractivity contribution in [1.82, 2.24) is 9.97 Å². The zero-order chi connectivity index (χ0) is 12.6. The molecule has 1 saturated heterocycles. The number of anilines is 1. The van der Waals surface area contributed by atoms with Gasteiger partial charge in [-0.15, -0.1) is 0 Å². The Labute approximate surface area is 97.3 Å². The van der Waals surface area contributed by atoms with Crippen molar-refractivity contribution in [2.75, 3.05) is 11.4 Å². The lowest BCUT2D eigenvalue weighted by atomic mass is 10.2. The minimum Gasteiger partial charge on any atom is -0.478 e. The summed E-state index contributed by atoms with van der Waals surface area (Å²) in [6.07, 6.45) is 1.47. The summed E-state index contributed by atoms with van der Waals surface area (Å²) < 4.78 is 0. The van der Waals surface area contributed by atoms with Crippen molar-refractivity contribution < 1.29 is 14.7 Å². The summed E-state index contributed by atoms with van der Waals surface area (Å²) in [4.78, 5) is 31.6. The van der Waals surface area contributed by atoms with E-state index in [9.17, 15) is 9.59 Å². The number of rotatable bonds is 2. The molecule has 90 valence electrons. The molecule has 2 heterocycles. The molecule has 0 radical (unpaired) electrons. The number of hydrogen-bond acceptors (Lipinski definition) is 5. The Bertz CT molecular complexity index is 488. The minimum absolute atomic E-state index is 0.0321. The molecule has 7 nitrogen and oxygen atoms in total. The number of carbonyl (C=O) groups excluding carboxylic acids is 1. The van der Waals surface area contributed by atoms with Crippen LogP contribution in [0.15, 0.2) is 6.20 Å². The number of carboxylic acid groups (broad SMARTS) is 1. The van der Waals surface area contributed by atoms with E-state index in [4.69, 9.17) is 10.8 Å². The summed E-state index contributed by atoms with van der Waals surface area (Å²) in [5.41, 5.74) is 6.02. The van der Waals surface area contributed by atoms with Gasteiger partial charge in [0.05, 0.1) is 11.3 Å². The van der Waals surface area contributed by atoms with Gasteiger partial charge in [-0.3, -0.25) is 9.69 Å². The van der Waals surface area contributed by atoms with E-state index in [1.54, 1.807) is 6.92 Å². The maximum atomic E-state index is 11.6. The third-order valence-electron chi connectivity index (χ3n) is 2.59. The lowest BCUT2D eigenvalue weighted by Gasteiger charge is -2.14. The van der Waals surface area contributed by atoms with E-state index in [-0.39, 0.29) is 29.9 Å². The number of aryl methyl sites for hydroxylation is 1. The average molecular weight is 236 g/mol. The van der Waals surface area contributed by atoms with Crippen molar-refractivity contribution in [3.8, 4) is 0 Å². The molecule has 0 bridgehead atoms. The maximum absolute atomic E-state index is 11.6. The molecular weight excluding hydrogens is 224 g/mol. The zero-order valence-corrected chi connectivity index (χ0v) is 9.25. The molecule has 1 aromatic rings. The summed E-state index contributed by atoms with van der Waals surface area (Å²) in [7, 11) is 0. The molecule has 2 rings (SSSR count). The largest absolute Gasteiger partial charge is 0.478 e. The monoisotopic (exact) mass is 236 g/mol. The number of aromatic carboxylic acids is 1. The van der Waals surface area contributed by atoms with Crippen LogP contribution in [0.1, 0.15) is 22.5 Å². The van der Waals surface area contributed by atoms with Crippen LogP contribution in [-0.4, -0.2) is 39.5 Å². The molecule has 1 atom stereocenters. The first kappa shape index (κ1) is 11.5. The van der Waals surface area contributed by atoms with E-state index < -0.39 is 5.97 Å². The van der Waals surface area contributed by atoms with Crippen LogP contribution in [-0.2, 0) is 4.79 Å². The van der Waals surface area contributed by atoms with E-state index in [0.29, 0.717) is 12.2 Å². The lowest BCUT2D eigenvalue weighted by Crippen LogP contribution is -2.29. The number of aromatic nitrogens is 2. The second-order valence-corrected chi connectivity index (χ2v) is 3.94. The first-order valence-electron chi connectivity index (χ1n) is 5.12. The Hall–Kier alpha value is -2.02. The highest BCUT2D eigenvalue weighted by Gasteiger charge is 2.30. The van der Waals surface area contributed by atoms with Crippen molar-refractivity contribution in [2.24, 2.45) is 5.73 Å². The van der Waals surface area contributed by atoms with Gasteiger partial charge in [0.2, 0.25) is 11.9 Å². The standard InChI is InChI=1S/C10H12N4O3/c1-5-7(9(16)17)3-12-10(13-5)14-4-6(11)2-8(14)15/h3,6H,2,4,11H2,1H3,(H,16,17). The fourth-order valence-electron chi connectivity index (χ4n) is 1.72. The molecular formula is C10H12N4O3. The second-order valence-electron chi connectivity index (χ2n) is 3.94. The third-order valence-corrected chi connectivity index (χ3v) is 2.59. The Morgan fingerprint density at radius 1 is 1.65 bits per heavy atom. The molecule has 0 spiro atoms. The number of carboxylic acids is 1. The molecule has 0 aliphatic carbocycles. The first-order chi connectivity index (χ1) is 7.99. The van der Waals surface area contributed by atoms with Gasteiger partial charge in [-0.05, 0) is 6.92 Å². The first-order valence-corrected chi connectivity index (χ1v) is 5.12. The molecule has 3 N–H and O–H groups in total. The highest BCUT2D eigenvalue weighted by atomic mass is 16.4. The van der Waals surface area contributed by atoms with Gasteiger partial charge in [0.25, 0.3) is 0 Å². The van der Waals surface area contributed by atoms with Crippen LogP contribution in [0.25, 0.3) is 0 Å². The fraction of sp³-hybridized carbons (Fsp3) is 0.400. The fourth-order valence-corrected chi connectivity index (χ4v) is 1.72. The van der Waals surface area contributed by atoms with Gasteiger partial charge in [0.1, 0.15) is 0 Å². The molecule has 1 unspecified atom stereocenters. The van der Waals surface area contributed by atoms with Crippen LogP contribution in [0.3, 0.4) is 0 Å². The van der Waals surface area contributed by atoms with E-state index >= 15 is 0 Å². The van der Waals surface area contributed by atoms with E-state index in [0.717, 1.165) is 0 Å². The molecule has 1 aliphatic rings. The van der Waals surface area contributed by atoms with Crippen molar-refractivity contribution >= 4 is 17.8 Å². The van der Waals surface area contributed by atoms with Crippen LogP contribution >= 0.6 is 0 Å². The van der Waals surface area contributed by atoms with Crippen LogP contribution in [0.2, 0.25) is 0 Å². The number of hydrogen-bond donors (Lipinski definition) is 2. The van der Waals surface area contributed by atoms with Crippen LogP contribution in [0, 0.1) is 6.92 Å². The smallest absolute Gasteiger partial charge is 0.339 e. The van der Waals surface area contributed by atoms with E-state index in [1.165, 1.54) is 11.1 Å². The number of carbonyl (C=O) groups is 2. The van der Waals surface area contributed by atoms with Crippen LogP contribution < -0.4 is 10.6 Å². The molecule has 1 aliphatic heterocycles. The Kier molecular flexibility index (Phi) is 2.76. The van der Waals surface area contributed by atoms with E-state index in [2.05, 4.69) is 9.97 Å². The van der Waals surface area contributed by atoms with Crippen molar-refractivity contribution in [3.63, 3.8) is 0 Å². The molecule has 1 aromatic heterocycles. The van der Waals surface area contributed by atoms with Gasteiger partial charge >= 0.3 is 5.97 Å². The summed E-state index contributed by atoms with van der Waals surface area (Å²) >= 11 is 0. The summed E-state index contributed by atoms with van der Waals surface area (Å²) in [6.45, 7) is 1.93. The molecule has 17 heavy (non-hydrogen) atoms. The molecule has 1 fully saturated rings. The van der Waals surface area contributed by atoms with Crippen LogP contribution in [0.5, 0.6) is 0 Å². The van der Waals surface area contributed by atoms with Gasteiger partial charge in [-0.2, -0.15) is 0 Å². The zero-order valence-electron chi connectivity index (χ0n) is 9.25.